The van der Waals surface area contributed by atoms with Gasteiger partial charge in [-0.1, -0.05) is 109 Å². The molecule has 0 N–H and O–H groups in total. The normalized spacial score (nSPS) is 15.0. The highest BCUT2D eigenvalue weighted by molar-refractivity contribution is 9.10. The SMILES string of the molecule is CC.CC(C)(C)c1ccc2c(c1)C(C)(C)c1cc(C(C)(C)C)cc(Br)c1-2. The third-order valence-electron chi connectivity index (χ3n) is 5.46. The number of hydrogen-bond donors (Lipinski definition) is 0. The second-order valence-corrected chi connectivity index (χ2v) is 10.6. The van der Waals surface area contributed by atoms with Gasteiger partial charge in [0.1, 0.15) is 0 Å². The van der Waals surface area contributed by atoms with Gasteiger partial charge >= 0.3 is 0 Å². The lowest BCUT2D eigenvalue weighted by Crippen LogP contribution is -2.19. The summed E-state index contributed by atoms with van der Waals surface area (Å²) in [7, 11) is 0. The summed E-state index contributed by atoms with van der Waals surface area (Å²) in [6, 6.07) is 11.8. The molecule has 0 atom stereocenters. The number of hydrogen-bond acceptors (Lipinski definition) is 0. The lowest BCUT2D eigenvalue weighted by Gasteiger charge is -2.27. The van der Waals surface area contributed by atoms with Crippen molar-refractivity contribution in [2.45, 2.75) is 85.5 Å². The lowest BCUT2D eigenvalue weighted by molar-refractivity contribution is 0.580. The maximum atomic E-state index is 3.87. The van der Waals surface area contributed by atoms with Crippen LogP contribution in [0.5, 0.6) is 0 Å². The molecule has 0 heterocycles. The largest absolute Gasteiger partial charge is 0.0683 e. The van der Waals surface area contributed by atoms with Crippen molar-refractivity contribution >= 4 is 15.9 Å². The molecule has 0 amide bonds. The minimum atomic E-state index is 0.0374. The first kappa shape index (κ1) is 21.2. The molecule has 0 fully saturated rings. The van der Waals surface area contributed by atoms with Crippen LogP contribution in [-0.4, -0.2) is 0 Å². The average Bonchev–Trinajstić information content (AvgIpc) is 2.76. The van der Waals surface area contributed by atoms with Gasteiger partial charge in [-0.2, -0.15) is 0 Å². The Morgan fingerprint density at radius 3 is 1.73 bits per heavy atom. The molecular formula is C25H35Br. The Hall–Kier alpha value is -1.08. The van der Waals surface area contributed by atoms with Gasteiger partial charge in [0, 0.05) is 15.5 Å². The maximum Gasteiger partial charge on any atom is 0.0259 e. The van der Waals surface area contributed by atoms with Crippen LogP contribution in [0.4, 0.5) is 0 Å². The lowest BCUT2D eigenvalue weighted by atomic mass is 9.77. The topological polar surface area (TPSA) is 0 Å². The number of fused-ring (bicyclic) bond motifs is 3. The number of rotatable bonds is 0. The third-order valence-corrected chi connectivity index (χ3v) is 6.08. The molecular weight excluding hydrogens is 380 g/mol. The van der Waals surface area contributed by atoms with E-state index in [0.29, 0.717) is 0 Å². The van der Waals surface area contributed by atoms with Gasteiger partial charge in [0.25, 0.3) is 0 Å². The van der Waals surface area contributed by atoms with E-state index in [1.807, 2.05) is 13.8 Å². The van der Waals surface area contributed by atoms with E-state index in [0.717, 1.165) is 0 Å². The molecule has 26 heavy (non-hydrogen) atoms. The Bertz CT molecular complexity index is 811. The molecule has 0 unspecified atom stereocenters. The summed E-state index contributed by atoms with van der Waals surface area (Å²) in [5.74, 6) is 0. The van der Waals surface area contributed by atoms with E-state index >= 15 is 0 Å². The smallest absolute Gasteiger partial charge is 0.0259 e. The predicted molar refractivity (Wildman–Crippen MR) is 120 cm³/mol. The molecule has 2 aromatic rings. The van der Waals surface area contributed by atoms with E-state index in [-0.39, 0.29) is 16.2 Å². The van der Waals surface area contributed by atoms with Crippen LogP contribution in [0.15, 0.2) is 34.8 Å². The average molecular weight is 415 g/mol. The predicted octanol–water partition coefficient (Wildman–Crippen LogP) is 8.38. The summed E-state index contributed by atoms with van der Waals surface area (Å²) in [6.07, 6.45) is 0. The van der Waals surface area contributed by atoms with Crippen molar-refractivity contribution in [2.75, 3.05) is 0 Å². The van der Waals surface area contributed by atoms with Crippen LogP contribution < -0.4 is 0 Å². The standard InChI is InChI=1S/C23H29Br.C2H6/c1-21(2,3)14-9-10-16-17(11-14)23(7,8)18-12-15(22(4,5)6)13-19(24)20(16)18;1-2/h9-13H,1-8H3;1-2H3. The van der Waals surface area contributed by atoms with Gasteiger partial charge in [0.05, 0.1) is 0 Å². The zero-order valence-electron chi connectivity index (χ0n) is 18.3. The molecule has 0 spiro atoms. The first-order chi connectivity index (χ1) is 11.8. The molecule has 0 aliphatic heterocycles. The van der Waals surface area contributed by atoms with Crippen LogP contribution >= 0.6 is 15.9 Å². The van der Waals surface area contributed by atoms with Gasteiger partial charge in [-0.3, -0.25) is 0 Å². The Morgan fingerprint density at radius 2 is 1.23 bits per heavy atom. The quantitative estimate of drug-likeness (QED) is 0.405. The van der Waals surface area contributed by atoms with Gasteiger partial charge in [-0.25, -0.2) is 0 Å². The van der Waals surface area contributed by atoms with Crippen LogP contribution in [0.1, 0.15) is 91.5 Å². The van der Waals surface area contributed by atoms with Crippen molar-refractivity contribution < 1.29 is 0 Å². The highest BCUT2D eigenvalue weighted by Crippen LogP contribution is 2.53. The van der Waals surface area contributed by atoms with E-state index in [9.17, 15) is 0 Å². The van der Waals surface area contributed by atoms with Crippen LogP contribution in [0.25, 0.3) is 11.1 Å². The second kappa shape index (κ2) is 6.82. The summed E-state index contributed by atoms with van der Waals surface area (Å²) in [5, 5.41) is 0. The molecule has 0 saturated heterocycles. The zero-order chi connectivity index (χ0) is 20.1. The molecule has 0 saturated carbocycles. The van der Waals surface area contributed by atoms with Crippen LogP contribution in [0.2, 0.25) is 0 Å². The van der Waals surface area contributed by atoms with Gasteiger partial charge in [0.2, 0.25) is 0 Å². The molecule has 1 heteroatoms. The molecule has 0 nitrogen and oxygen atoms in total. The van der Waals surface area contributed by atoms with Gasteiger partial charge in [-0.05, 0) is 44.7 Å². The Morgan fingerprint density at radius 1 is 0.731 bits per heavy atom. The van der Waals surface area contributed by atoms with Crippen LogP contribution in [-0.2, 0) is 16.2 Å². The summed E-state index contributed by atoms with van der Waals surface area (Å²) in [6.45, 7) is 22.5. The molecule has 2 aromatic carbocycles. The van der Waals surface area contributed by atoms with E-state index in [2.05, 4.69) is 102 Å². The van der Waals surface area contributed by atoms with Gasteiger partial charge in [0.15, 0.2) is 0 Å². The summed E-state index contributed by atoms with van der Waals surface area (Å²) >= 11 is 3.87. The molecule has 0 radical (unpaired) electrons. The van der Waals surface area contributed by atoms with E-state index < -0.39 is 0 Å². The van der Waals surface area contributed by atoms with Crippen molar-refractivity contribution in [3.05, 3.63) is 57.1 Å². The van der Waals surface area contributed by atoms with E-state index in [4.69, 9.17) is 0 Å². The van der Waals surface area contributed by atoms with Crippen molar-refractivity contribution in [3.63, 3.8) is 0 Å². The maximum absolute atomic E-state index is 3.87. The first-order valence-corrected chi connectivity index (χ1v) is 10.6. The van der Waals surface area contributed by atoms with Crippen molar-refractivity contribution in [2.24, 2.45) is 0 Å². The van der Waals surface area contributed by atoms with Crippen molar-refractivity contribution in [3.8, 4) is 11.1 Å². The molecule has 142 valence electrons. The minimum absolute atomic E-state index is 0.0374. The molecule has 1 aliphatic carbocycles. The Kier molecular flexibility index (Phi) is 5.57. The first-order valence-electron chi connectivity index (χ1n) is 9.83. The van der Waals surface area contributed by atoms with Crippen LogP contribution in [0, 0.1) is 0 Å². The number of halogens is 1. The molecule has 0 bridgehead atoms. The fourth-order valence-corrected chi connectivity index (χ4v) is 4.37. The summed E-state index contributed by atoms with van der Waals surface area (Å²) in [5.41, 5.74) is 8.83. The fraction of sp³-hybridized carbons (Fsp3) is 0.520. The Labute approximate surface area is 169 Å². The van der Waals surface area contributed by atoms with E-state index in [1.54, 1.807) is 0 Å². The zero-order valence-corrected chi connectivity index (χ0v) is 19.9. The summed E-state index contributed by atoms with van der Waals surface area (Å²) in [4.78, 5) is 0. The van der Waals surface area contributed by atoms with Crippen molar-refractivity contribution in [1.29, 1.82) is 0 Å². The molecule has 1 aliphatic rings. The van der Waals surface area contributed by atoms with E-state index in [1.165, 1.54) is 37.9 Å². The van der Waals surface area contributed by atoms with Gasteiger partial charge in [-0.15, -0.1) is 0 Å². The highest BCUT2D eigenvalue weighted by Gasteiger charge is 2.38. The third kappa shape index (κ3) is 3.52. The minimum Gasteiger partial charge on any atom is -0.0683 e. The Balaban J connectivity index is 0.00000117. The highest BCUT2D eigenvalue weighted by atomic mass is 79.9. The summed E-state index contributed by atoms with van der Waals surface area (Å²) < 4.78 is 1.22. The van der Waals surface area contributed by atoms with Gasteiger partial charge < -0.3 is 0 Å². The fourth-order valence-electron chi connectivity index (χ4n) is 3.70. The molecule has 3 rings (SSSR count). The number of benzene rings is 2. The monoisotopic (exact) mass is 414 g/mol. The molecule has 0 aromatic heterocycles. The van der Waals surface area contributed by atoms with Crippen LogP contribution in [0.3, 0.4) is 0 Å². The second-order valence-electron chi connectivity index (χ2n) is 9.77. The van der Waals surface area contributed by atoms with Crippen molar-refractivity contribution in [1.82, 2.24) is 0 Å².